The van der Waals surface area contributed by atoms with Crippen LogP contribution in [0.25, 0.3) is 0 Å². The number of piperazine rings is 1. The molecular formula is C12H13BrN2O3. The quantitative estimate of drug-likeness (QED) is 0.853. The first kappa shape index (κ1) is 13.0. The second kappa shape index (κ2) is 5.49. The van der Waals surface area contributed by atoms with E-state index in [1.807, 2.05) is 0 Å². The number of halogens is 1. The molecule has 1 saturated heterocycles. The summed E-state index contributed by atoms with van der Waals surface area (Å²) in [5.41, 5.74) is 0.573. The van der Waals surface area contributed by atoms with Crippen LogP contribution in [0, 0.1) is 0 Å². The van der Waals surface area contributed by atoms with Gasteiger partial charge in [0, 0.05) is 29.7 Å². The van der Waals surface area contributed by atoms with E-state index < -0.39 is 12.0 Å². The number of rotatable bonds is 2. The number of hydrogen-bond donors (Lipinski definition) is 2. The summed E-state index contributed by atoms with van der Waals surface area (Å²) in [4.78, 5) is 24.6. The highest BCUT2D eigenvalue weighted by Crippen LogP contribution is 2.13. The summed E-state index contributed by atoms with van der Waals surface area (Å²) < 4.78 is 0.905. The van der Waals surface area contributed by atoms with Gasteiger partial charge in [0.25, 0.3) is 5.91 Å². The Morgan fingerprint density at radius 1 is 1.33 bits per heavy atom. The Kier molecular flexibility index (Phi) is 3.98. The van der Waals surface area contributed by atoms with Gasteiger partial charge >= 0.3 is 5.97 Å². The molecule has 1 amide bonds. The van der Waals surface area contributed by atoms with Gasteiger partial charge in [-0.1, -0.05) is 15.9 Å². The fourth-order valence-electron chi connectivity index (χ4n) is 1.87. The number of carbonyl (C=O) groups is 2. The minimum absolute atomic E-state index is 0.129. The first-order chi connectivity index (χ1) is 8.58. The largest absolute Gasteiger partial charge is 0.480 e. The van der Waals surface area contributed by atoms with E-state index in [2.05, 4.69) is 21.2 Å². The van der Waals surface area contributed by atoms with Crippen molar-refractivity contribution in [3.05, 3.63) is 34.3 Å². The van der Waals surface area contributed by atoms with Crippen LogP contribution in [0.2, 0.25) is 0 Å². The topological polar surface area (TPSA) is 69.6 Å². The van der Waals surface area contributed by atoms with Gasteiger partial charge in [0.15, 0.2) is 0 Å². The Morgan fingerprint density at radius 2 is 2.00 bits per heavy atom. The van der Waals surface area contributed by atoms with Crippen molar-refractivity contribution in [1.82, 2.24) is 10.2 Å². The van der Waals surface area contributed by atoms with Gasteiger partial charge in [-0.25, -0.2) is 0 Å². The van der Waals surface area contributed by atoms with Crippen molar-refractivity contribution in [2.24, 2.45) is 0 Å². The van der Waals surface area contributed by atoms with Gasteiger partial charge in [-0.2, -0.15) is 0 Å². The Bertz CT molecular complexity index is 461. The summed E-state index contributed by atoms with van der Waals surface area (Å²) in [5, 5.41) is 11.8. The van der Waals surface area contributed by atoms with Gasteiger partial charge in [0.05, 0.1) is 0 Å². The van der Waals surface area contributed by atoms with E-state index in [1.165, 1.54) is 0 Å². The van der Waals surface area contributed by atoms with Crippen LogP contribution in [0.1, 0.15) is 10.4 Å². The van der Waals surface area contributed by atoms with Gasteiger partial charge in [0.1, 0.15) is 6.04 Å². The third kappa shape index (κ3) is 2.88. The number of aliphatic carboxylic acids is 1. The molecule has 0 spiro atoms. The molecule has 1 unspecified atom stereocenters. The molecule has 1 fully saturated rings. The predicted molar refractivity (Wildman–Crippen MR) is 69.5 cm³/mol. The van der Waals surface area contributed by atoms with Crippen molar-refractivity contribution < 1.29 is 14.7 Å². The number of nitrogens with one attached hydrogen (secondary N) is 1. The number of carboxylic acids is 1. The van der Waals surface area contributed by atoms with Gasteiger partial charge in [-0.15, -0.1) is 0 Å². The molecule has 0 saturated carbocycles. The van der Waals surface area contributed by atoms with E-state index in [-0.39, 0.29) is 12.5 Å². The van der Waals surface area contributed by atoms with Crippen LogP contribution in [0.5, 0.6) is 0 Å². The molecule has 96 valence electrons. The standard InChI is InChI=1S/C12H13BrN2O3/c13-9-3-1-8(2-4-9)11(16)15-6-5-14-10(7-15)12(17)18/h1-4,10,14H,5-7H2,(H,17,18). The number of nitrogens with zero attached hydrogens (tertiary/aromatic N) is 1. The van der Waals surface area contributed by atoms with Gasteiger partial charge in [0.2, 0.25) is 0 Å². The minimum atomic E-state index is -0.927. The Balaban J connectivity index is 2.09. The smallest absolute Gasteiger partial charge is 0.322 e. The molecule has 1 aliphatic rings. The van der Waals surface area contributed by atoms with Crippen molar-refractivity contribution in [3.8, 4) is 0 Å². The predicted octanol–water partition coefficient (Wildman–Crippen LogP) is 0.948. The maximum absolute atomic E-state index is 12.2. The lowest BCUT2D eigenvalue weighted by molar-refractivity contribution is -0.140. The molecule has 0 radical (unpaired) electrons. The van der Waals surface area contributed by atoms with Crippen molar-refractivity contribution in [2.75, 3.05) is 19.6 Å². The highest BCUT2D eigenvalue weighted by Gasteiger charge is 2.28. The van der Waals surface area contributed by atoms with Crippen molar-refractivity contribution in [1.29, 1.82) is 0 Å². The molecule has 2 rings (SSSR count). The van der Waals surface area contributed by atoms with Crippen LogP contribution in [0.15, 0.2) is 28.7 Å². The van der Waals surface area contributed by atoms with Crippen molar-refractivity contribution >= 4 is 27.8 Å². The highest BCUT2D eigenvalue weighted by molar-refractivity contribution is 9.10. The molecule has 2 N–H and O–H groups in total. The fourth-order valence-corrected chi connectivity index (χ4v) is 2.14. The molecule has 1 aromatic rings. The second-order valence-corrected chi connectivity index (χ2v) is 5.02. The highest BCUT2D eigenvalue weighted by atomic mass is 79.9. The molecule has 0 aromatic heterocycles. The summed E-state index contributed by atoms with van der Waals surface area (Å²) in [6, 6.07) is 6.36. The zero-order valence-electron chi connectivity index (χ0n) is 9.60. The van der Waals surface area contributed by atoms with Crippen molar-refractivity contribution in [2.45, 2.75) is 6.04 Å². The molecule has 0 aliphatic carbocycles. The van der Waals surface area contributed by atoms with Gasteiger partial charge < -0.3 is 15.3 Å². The fraction of sp³-hybridized carbons (Fsp3) is 0.333. The van der Waals surface area contributed by atoms with E-state index >= 15 is 0 Å². The third-order valence-corrected chi connectivity index (χ3v) is 3.38. The summed E-state index contributed by atoms with van der Waals surface area (Å²) >= 11 is 3.31. The number of hydrogen-bond acceptors (Lipinski definition) is 3. The Hall–Kier alpha value is -1.40. The number of benzene rings is 1. The molecule has 0 bridgehead atoms. The zero-order chi connectivity index (χ0) is 13.1. The lowest BCUT2D eigenvalue weighted by Gasteiger charge is -2.31. The number of amides is 1. The third-order valence-electron chi connectivity index (χ3n) is 2.85. The van der Waals surface area contributed by atoms with E-state index in [4.69, 9.17) is 5.11 Å². The van der Waals surface area contributed by atoms with E-state index in [1.54, 1.807) is 29.2 Å². The van der Waals surface area contributed by atoms with Crippen LogP contribution in [0.4, 0.5) is 0 Å². The number of carboxylic acid groups (broad SMARTS) is 1. The zero-order valence-corrected chi connectivity index (χ0v) is 11.2. The lowest BCUT2D eigenvalue weighted by Crippen LogP contribution is -2.55. The molecule has 1 aromatic carbocycles. The second-order valence-electron chi connectivity index (χ2n) is 4.10. The molecule has 5 nitrogen and oxygen atoms in total. The summed E-state index contributed by atoms with van der Waals surface area (Å²) in [6.07, 6.45) is 0. The van der Waals surface area contributed by atoms with Crippen molar-refractivity contribution in [3.63, 3.8) is 0 Å². The summed E-state index contributed by atoms with van der Waals surface area (Å²) in [6.45, 7) is 1.22. The number of carbonyl (C=O) groups excluding carboxylic acids is 1. The normalized spacial score (nSPS) is 19.6. The Labute approximate surface area is 113 Å². The van der Waals surface area contributed by atoms with Gasteiger partial charge in [-0.05, 0) is 24.3 Å². The molecule has 6 heteroatoms. The maximum Gasteiger partial charge on any atom is 0.322 e. The van der Waals surface area contributed by atoms with Crippen LogP contribution in [0.3, 0.4) is 0 Å². The lowest BCUT2D eigenvalue weighted by atomic mass is 10.1. The van der Waals surface area contributed by atoms with E-state index in [0.717, 1.165) is 4.47 Å². The molecule has 1 atom stereocenters. The van der Waals surface area contributed by atoms with E-state index in [9.17, 15) is 9.59 Å². The average Bonchev–Trinajstić information content (AvgIpc) is 2.39. The minimum Gasteiger partial charge on any atom is -0.480 e. The van der Waals surface area contributed by atoms with Gasteiger partial charge in [-0.3, -0.25) is 9.59 Å². The van der Waals surface area contributed by atoms with Crippen LogP contribution in [-0.4, -0.2) is 47.6 Å². The van der Waals surface area contributed by atoms with Crippen LogP contribution >= 0.6 is 15.9 Å². The monoisotopic (exact) mass is 312 g/mol. The molecule has 1 heterocycles. The summed E-state index contributed by atoms with van der Waals surface area (Å²) in [5.74, 6) is -1.06. The first-order valence-corrected chi connectivity index (χ1v) is 6.38. The summed E-state index contributed by atoms with van der Waals surface area (Å²) in [7, 11) is 0. The maximum atomic E-state index is 12.2. The SMILES string of the molecule is O=C(O)C1CN(C(=O)c2ccc(Br)cc2)CCN1. The van der Waals surface area contributed by atoms with Crippen LogP contribution < -0.4 is 5.32 Å². The Morgan fingerprint density at radius 3 is 2.61 bits per heavy atom. The van der Waals surface area contributed by atoms with E-state index in [0.29, 0.717) is 18.7 Å². The molecular weight excluding hydrogens is 300 g/mol. The van der Waals surface area contributed by atoms with Crippen LogP contribution in [-0.2, 0) is 4.79 Å². The molecule has 1 aliphatic heterocycles. The average molecular weight is 313 g/mol. The first-order valence-electron chi connectivity index (χ1n) is 5.59. The molecule has 18 heavy (non-hydrogen) atoms.